The highest BCUT2D eigenvalue weighted by atomic mass is 16.5. The van der Waals surface area contributed by atoms with Crippen LogP contribution in [0.2, 0.25) is 0 Å². The molecular formula is C24H20N2O2. The van der Waals surface area contributed by atoms with E-state index in [-0.39, 0.29) is 12.6 Å². The Kier molecular flexibility index (Phi) is 5.11. The highest BCUT2D eigenvalue weighted by Gasteiger charge is 2.29. The second kappa shape index (κ2) is 8.01. The topological polar surface area (TPSA) is 52.1 Å². The monoisotopic (exact) mass is 368 g/mol. The van der Waals surface area contributed by atoms with Crippen molar-refractivity contribution < 1.29 is 9.53 Å². The van der Waals surface area contributed by atoms with E-state index in [0.717, 1.165) is 33.4 Å². The van der Waals surface area contributed by atoms with Crippen molar-refractivity contribution in [1.29, 1.82) is 0 Å². The molecule has 0 N–H and O–H groups in total. The Morgan fingerprint density at radius 1 is 0.857 bits per heavy atom. The summed E-state index contributed by atoms with van der Waals surface area (Å²) in [4.78, 5) is 21.2. The SMILES string of the molecule is CC1=C(c2ccncc2)CC(c2ccncc2)=C1C(=O)OCc1ccccc1. The molecule has 0 unspecified atom stereocenters. The Morgan fingerprint density at radius 2 is 1.43 bits per heavy atom. The molecule has 1 aliphatic carbocycles. The average Bonchev–Trinajstić information content (AvgIpc) is 3.11. The number of hydrogen-bond acceptors (Lipinski definition) is 4. The summed E-state index contributed by atoms with van der Waals surface area (Å²) in [7, 11) is 0. The highest BCUT2D eigenvalue weighted by molar-refractivity contribution is 6.09. The molecule has 1 aliphatic rings. The number of hydrogen-bond donors (Lipinski definition) is 0. The lowest BCUT2D eigenvalue weighted by molar-refractivity contribution is -0.139. The molecule has 0 saturated carbocycles. The number of esters is 1. The van der Waals surface area contributed by atoms with Crippen LogP contribution in [0.4, 0.5) is 0 Å². The normalized spacial score (nSPS) is 13.8. The number of rotatable bonds is 5. The van der Waals surface area contributed by atoms with Crippen LogP contribution in [-0.2, 0) is 16.1 Å². The van der Waals surface area contributed by atoms with Gasteiger partial charge in [-0.3, -0.25) is 9.97 Å². The van der Waals surface area contributed by atoms with Crippen molar-refractivity contribution in [2.75, 3.05) is 0 Å². The molecule has 138 valence electrons. The van der Waals surface area contributed by atoms with Crippen LogP contribution in [0, 0.1) is 0 Å². The van der Waals surface area contributed by atoms with Gasteiger partial charge in [-0.25, -0.2) is 4.79 Å². The quantitative estimate of drug-likeness (QED) is 0.604. The summed E-state index contributed by atoms with van der Waals surface area (Å²) < 4.78 is 5.66. The lowest BCUT2D eigenvalue weighted by Crippen LogP contribution is -2.09. The maximum absolute atomic E-state index is 13.0. The first kappa shape index (κ1) is 17.9. The Morgan fingerprint density at radius 3 is 2.04 bits per heavy atom. The zero-order chi connectivity index (χ0) is 19.3. The Bertz CT molecular complexity index is 1040. The lowest BCUT2D eigenvalue weighted by atomic mass is 9.99. The molecule has 0 aliphatic heterocycles. The summed E-state index contributed by atoms with van der Waals surface area (Å²) in [6, 6.07) is 17.5. The summed E-state index contributed by atoms with van der Waals surface area (Å²) >= 11 is 0. The zero-order valence-electron chi connectivity index (χ0n) is 15.6. The van der Waals surface area contributed by atoms with E-state index < -0.39 is 0 Å². The minimum atomic E-state index is -0.294. The second-order valence-corrected chi connectivity index (χ2v) is 6.67. The molecule has 28 heavy (non-hydrogen) atoms. The van der Waals surface area contributed by atoms with Crippen molar-refractivity contribution >= 4 is 17.1 Å². The molecule has 0 radical (unpaired) electrons. The third kappa shape index (κ3) is 3.62. The molecule has 0 saturated heterocycles. The van der Waals surface area contributed by atoms with Crippen LogP contribution >= 0.6 is 0 Å². The van der Waals surface area contributed by atoms with Crippen LogP contribution in [0.5, 0.6) is 0 Å². The standard InChI is InChI=1S/C24H20N2O2/c1-17-21(19-7-11-25-12-8-19)15-22(20-9-13-26-14-10-20)23(17)24(27)28-16-18-5-3-2-4-6-18/h2-14H,15-16H2,1H3. The number of carbonyl (C=O) groups excluding carboxylic acids is 1. The average molecular weight is 368 g/mol. The molecule has 2 heterocycles. The molecule has 4 heteroatoms. The zero-order valence-corrected chi connectivity index (χ0v) is 15.6. The molecule has 4 nitrogen and oxygen atoms in total. The maximum atomic E-state index is 13.0. The van der Waals surface area contributed by atoms with E-state index in [9.17, 15) is 4.79 Å². The molecule has 3 aromatic rings. The first-order chi connectivity index (χ1) is 13.7. The Balaban J connectivity index is 1.68. The number of pyridine rings is 2. The van der Waals surface area contributed by atoms with Gasteiger partial charge in [0.25, 0.3) is 0 Å². The molecule has 0 fully saturated rings. The predicted molar refractivity (Wildman–Crippen MR) is 109 cm³/mol. The van der Waals surface area contributed by atoms with Crippen LogP contribution in [0.15, 0.2) is 90.5 Å². The van der Waals surface area contributed by atoms with Gasteiger partial charge in [0.1, 0.15) is 6.61 Å². The first-order valence-electron chi connectivity index (χ1n) is 9.19. The van der Waals surface area contributed by atoms with Gasteiger partial charge >= 0.3 is 5.97 Å². The Hall–Kier alpha value is -3.53. The number of ether oxygens (including phenoxy) is 1. The van der Waals surface area contributed by atoms with Crippen molar-refractivity contribution in [2.45, 2.75) is 20.0 Å². The molecule has 0 amide bonds. The fourth-order valence-corrected chi connectivity index (χ4v) is 3.52. The summed E-state index contributed by atoms with van der Waals surface area (Å²) in [5.74, 6) is -0.294. The number of carbonyl (C=O) groups is 1. The predicted octanol–water partition coefficient (Wildman–Crippen LogP) is 4.85. The largest absolute Gasteiger partial charge is 0.457 e. The van der Waals surface area contributed by atoms with E-state index in [1.54, 1.807) is 24.8 Å². The van der Waals surface area contributed by atoms with Gasteiger partial charge in [-0.1, -0.05) is 30.3 Å². The van der Waals surface area contributed by atoms with Crippen LogP contribution in [0.3, 0.4) is 0 Å². The third-order valence-electron chi connectivity index (χ3n) is 4.96. The van der Waals surface area contributed by atoms with E-state index in [1.807, 2.05) is 61.5 Å². The van der Waals surface area contributed by atoms with Gasteiger partial charge in [-0.15, -0.1) is 0 Å². The van der Waals surface area contributed by atoms with Gasteiger partial charge in [0.2, 0.25) is 0 Å². The maximum Gasteiger partial charge on any atom is 0.339 e. The Labute approximate surface area is 164 Å². The van der Waals surface area contributed by atoms with Gasteiger partial charge in [-0.05, 0) is 71.0 Å². The summed E-state index contributed by atoms with van der Waals surface area (Å²) in [5, 5.41) is 0. The van der Waals surface area contributed by atoms with E-state index >= 15 is 0 Å². The van der Waals surface area contributed by atoms with Crippen molar-refractivity contribution in [3.05, 3.63) is 107 Å². The van der Waals surface area contributed by atoms with Crippen LogP contribution in [0.1, 0.15) is 30.0 Å². The van der Waals surface area contributed by atoms with E-state index in [1.165, 1.54) is 0 Å². The fraction of sp³-hybridized carbons (Fsp3) is 0.125. The highest BCUT2D eigenvalue weighted by Crippen LogP contribution is 2.43. The van der Waals surface area contributed by atoms with Crippen molar-refractivity contribution in [2.24, 2.45) is 0 Å². The van der Waals surface area contributed by atoms with Gasteiger partial charge < -0.3 is 4.74 Å². The molecule has 0 atom stereocenters. The van der Waals surface area contributed by atoms with Gasteiger partial charge in [0.05, 0.1) is 5.57 Å². The minimum absolute atomic E-state index is 0.255. The minimum Gasteiger partial charge on any atom is -0.457 e. The van der Waals surface area contributed by atoms with Crippen LogP contribution < -0.4 is 0 Å². The molecule has 0 spiro atoms. The van der Waals surface area contributed by atoms with Gasteiger partial charge in [0, 0.05) is 24.8 Å². The van der Waals surface area contributed by atoms with E-state index in [0.29, 0.717) is 12.0 Å². The van der Waals surface area contributed by atoms with Crippen molar-refractivity contribution in [3.63, 3.8) is 0 Å². The molecule has 1 aromatic carbocycles. The summed E-state index contributed by atoms with van der Waals surface area (Å²) in [6.07, 6.45) is 7.71. The first-order valence-corrected chi connectivity index (χ1v) is 9.19. The van der Waals surface area contributed by atoms with E-state index in [4.69, 9.17) is 4.74 Å². The molecular weight excluding hydrogens is 348 g/mol. The third-order valence-corrected chi connectivity index (χ3v) is 4.96. The summed E-state index contributed by atoms with van der Waals surface area (Å²) in [6.45, 7) is 2.24. The molecule has 0 bridgehead atoms. The smallest absolute Gasteiger partial charge is 0.339 e. The van der Waals surface area contributed by atoms with Crippen molar-refractivity contribution in [3.8, 4) is 0 Å². The number of allylic oxidation sites excluding steroid dienone is 2. The number of benzene rings is 1. The van der Waals surface area contributed by atoms with Gasteiger partial charge in [0.15, 0.2) is 0 Å². The second-order valence-electron chi connectivity index (χ2n) is 6.67. The van der Waals surface area contributed by atoms with E-state index in [2.05, 4.69) is 9.97 Å². The summed E-state index contributed by atoms with van der Waals surface area (Å²) in [5.41, 5.74) is 6.74. The lowest BCUT2D eigenvalue weighted by Gasteiger charge is -2.10. The van der Waals surface area contributed by atoms with Gasteiger partial charge in [-0.2, -0.15) is 0 Å². The van der Waals surface area contributed by atoms with Crippen LogP contribution in [0.25, 0.3) is 11.1 Å². The fourth-order valence-electron chi connectivity index (χ4n) is 3.52. The van der Waals surface area contributed by atoms with Crippen LogP contribution in [-0.4, -0.2) is 15.9 Å². The molecule has 4 rings (SSSR count). The molecule has 2 aromatic heterocycles. The number of aromatic nitrogens is 2. The van der Waals surface area contributed by atoms with Crippen molar-refractivity contribution in [1.82, 2.24) is 9.97 Å². The number of nitrogens with zero attached hydrogens (tertiary/aromatic N) is 2.